The van der Waals surface area contributed by atoms with Gasteiger partial charge in [0.1, 0.15) is 5.82 Å². The van der Waals surface area contributed by atoms with E-state index in [1.807, 2.05) is 11.6 Å². The predicted molar refractivity (Wildman–Crippen MR) is 66.5 cm³/mol. The van der Waals surface area contributed by atoms with Gasteiger partial charge in [0, 0.05) is 0 Å². The summed E-state index contributed by atoms with van der Waals surface area (Å²) in [5.41, 5.74) is 7.17. The zero-order valence-corrected chi connectivity index (χ0v) is 10.5. The average molecular weight is 234 g/mol. The molecule has 0 amide bonds. The van der Waals surface area contributed by atoms with E-state index in [0.717, 1.165) is 24.9 Å². The lowest BCUT2D eigenvalue weighted by Crippen LogP contribution is -2.11. The lowest BCUT2D eigenvalue weighted by Gasteiger charge is -2.13. The minimum atomic E-state index is 0.332. The molecule has 0 spiro atoms. The summed E-state index contributed by atoms with van der Waals surface area (Å²) < 4.78 is 1.88. The second-order valence-corrected chi connectivity index (χ2v) is 4.21. The molecule has 2 aromatic heterocycles. The second-order valence-electron chi connectivity index (χ2n) is 4.21. The maximum absolute atomic E-state index is 5.82. The highest BCUT2D eigenvalue weighted by atomic mass is 15.5. The lowest BCUT2D eigenvalue weighted by molar-refractivity contribution is 0.408. The average Bonchev–Trinajstić information content (AvgIpc) is 2.69. The molecular weight excluding hydrogens is 216 g/mol. The summed E-state index contributed by atoms with van der Waals surface area (Å²) >= 11 is 0. The van der Waals surface area contributed by atoms with Gasteiger partial charge in [0.2, 0.25) is 0 Å². The zero-order chi connectivity index (χ0) is 12.4. The first-order valence-corrected chi connectivity index (χ1v) is 6.02. The van der Waals surface area contributed by atoms with Crippen LogP contribution in [0.1, 0.15) is 45.0 Å². The molecular formula is C11H18N6. The minimum absolute atomic E-state index is 0.332. The molecule has 0 fully saturated rings. The normalized spacial score (nSPS) is 13.1. The molecule has 0 aliphatic rings. The van der Waals surface area contributed by atoms with Gasteiger partial charge in [-0.3, -0.25) is 0 Å². The van der Waals surface area contributed by atoms with Crippen LogP contribution in [0.3, 0.4) is 0 Å². The number of hydrogen-bond donors (Lipinski definition) is 1. The first-order chi connectivity index (χ1) is 8.17. The smallest absolute Gasteiger partial charge is 0.184 e. The lowest BCUT2D eigenvalue weighted by atomic mass is 10.1. The predicted octanol–water partition coefficient (Wildman–Crippen LogP) is 1.86. The van der Waals surface area contributed by atoms with E-state index in [1.165, 1.54) is 0 Å². The van der Waals surface area contributed by atoms with Gasteiger partial charge in [-0.15, -0.1) is 5.10 Å². The van der Waals surface area contributed by atoms with Crippen LogP contribution in [0.5, 0.6) is 0 Å². The molecule has 1 unspecified atom stereocenters. The van der Waals surface area contributed by atoms with Crippen molar-refractivity contribution in [3.05, 3.63) is 5.82 Å². The van der Waals surface area contributed by atoms with Crippen LogP contribution in [0.25, 0.3) is 11.2 Å². The first kappa shape index (κ1) is 11.8. The Labute approximate surface area is 100 Å². The van der Waals surface area contributed by atoms with E-state index in [2.05, 4.69) is 34.1 Å². The van der Waals surface area contributed by atoms with Crippen molar-refractivity contribution in [2.75, 3.05) is 5.73 Å². The standard InChI is InChI=1S/C11H18N6/c1-4-6-8(5-2)17-11-9(15-16-17)10(12)13-7(3)14-11/h8H,4-6H2,1-3H3,(H2,12,13,14). The SMILES string of the molecule is CCCC(CC)n1nnc2c(N)nc(C)nc21. The van der Waals surface area contributed by atoms with Crippen molar-refractivity contribution in [1.82, 2.24) is 25.0 Å². The van der Waals surface area contributed by atoms with Gasteiger partial charge in [-0.2, -0.15) is 0 Å². The molecule has 6 nitrogen and oxygen atoms in total. The van der Waals surface area contributed by atoms with Gasteiger partial charge in [-0.1, -0.05) is 25.5 Å². The topological polar surface area (TPSA) is 82.5 Å². The molecule has 6 heteroatoms. The number of fused-ring (bicyclic) bond motifs is 1. The molecule has 0 aliphatic heterocycles. The van der Waals surface area contributed by atoms with E-state index < -0.39 is 0 Å². The fourth-order valence-corrected chi connectivity index (χ4v) is 2.04. The van der Waals surface area contributed by atoms with E-state index in [-0.39, 0.29) is 0 Å². The number of nitrogen functional groups attached to an aromatic ring is 1. The van der Waals surface area contributed by atoms with E-state index in [4.69, 9.17) is 5.73 Å². The van der Waals surface area contributed by atoms with Crippen molar-refractivity contribution in [1.29, 1.82) is 0 Å². The molecule has 2 N–H and O–H groups in total. The van der Waals surface area contributed by atoms with E-state index in [9.17, 15) is 0 Å². The van der Waals surface area contributed by atoms with Crippen LogP contribution in [0, 0.1) is 6.92 Å². The van der Waals surface area contributed by atoms with Crippen LogP contribution < -0.4 is 5.73 Å². The van der Waals surface area contributed by atoms with Crippen LogP contribution in [-0.2, 0) is 0 Å². The molecule has 17 heavy (non-hydrogen) atoms. The zero-order valence-electron chi connectivity index (χ0n) is 10.5. The van der Waals surface area contributed by atoms with Crippen molar-refractivity contribution in [3.63, 3.8) is 0 Å². The number of hydrogen-bond acceptors (Lipinski definition) is 5. The molecule has 0 aliphatic carbocycles. The molecule has 0 saturated heterocycles. The number of anilines is 1. The third-order valence-electron chi connectivity index (χ3n) is 2.90. The number of aryl methyl sites for hydroxylation is 1. The maximum Gasteiger partial charge on any atom is 0.184 e. The Kier molecular flexibility index (Phi) is 3.21. The van der Waals surface area contributed by atoms with Gasteiger partial charge in [0.15, 0.2) is 17.0 Å². The summed E-state index contributed by atoms with van der Waals surface area (Å²) in [4.78, 5) is 8.49. The summed E-state index contributed by atoms with van der Waals surface area (Å²) in [6.07, 6.45) is 3.19. The van der Waals surface area contributed by atoms with Crippen LogP contribution in [0.4, 0.5) is 5.82 Å². The highest BCUT2D eigenvalue weighted by Gasteiger charge is 2.16. The second kappa shape index (κ2) is 4.65. The fourth-order valence-electron chi connectivity index (χ4n) is 2.04. The fraction of sp³-hybridized carbons (Fsp3) is 0.636. The Balaban J connectivity index is 2.54. The Morgan fingerprint density at radius 3 is 2.71 bits per heavy atom. The third-order valence-corrected chi connectivity index (χ3v) is 2.90. The van der Waals surface area contributed by atoms with Crippen molar-refractivity contribution in [3.8, 4) is 0 Å². The Hall–Kier alpha value is -1.72. The van der Waals surface area contributed by atoms with Gasteiger partial charge >= 0.3 is 0 Å². The van der Waals surface area contributed by atoms with Gasteiger partial charge < -0.3 is 5.73 Å². The molecule has 1 atom stereocenters. The Bertz CT molecular complexity index is 518. The van der Waals surface area contributed by atoms with Gasteiger partial charge in [-0.05, 0) is 19.8 Å². The highest BCUT2D eigenvalue weighted by molar-refractivity contribution is 5.80. The molecule has 2 heterocycles. The van der Waals surface area contributed by atoms with E-state index in [0.29, 0.717) is 23.2 Å². The number of nitrogens with two attached hydrogens (primary N) is 1. The van der Waals surface area contributed by atoms with Crippen molar-refractivity contribution >= 4 is 17.0 Å². The van der Waals surface area contributed by atoms with E-state index >= 15 is 0 Å². The maximum atomic E-state index is 5.82. The molecule has 0 radical (unpaired) electrons. The van der Waals surface area contributed by atoms with Crippen LogP contribution in [0.15, 0.2) is 0 Å². The molecule has 0 bridgehead atoms. The van der Waals surface area contributed by atoms with Gasteiger partial charge in [0.25, 0.3) is 0 Å². The number of nitrogens with zero attached hydrogens (tertiary/aromatic N) is 5. The number of rotatable bonds is 4. The monoisotopic (exact) mass is 234 g/mol. The molecule has 2 aromatic rings. The molecule has 0 aromatic carbocycles. The first-order valence-electron chi connectivity index (χ1n) is 6.02. The summed E-state index contributed by atoms with van der Waals surface area (Å²) in [5, 5.41) is 8.24. The summed E-state index contributed by atoms with van der Waals surface area (Å²) in [6.45, 7) is 6.13. The third kappa shape index (κ3) is 2.07. The van der Waals surface area contributed by atoms with E-state index in [1.54, 1.807) is 0 Å². The summed E-state index contributed by atoms with van der Waals surface area (Å²) in [7, 11) is 0. The Morgan fingerprint density at radius 1 is 1.29 bits per heavy atom. The Morgan fingerprint density at radius 2 is 2.06 bits per heavy atom. The van der Waals surface area contributed by atoms with Gasteiger partial charge in [-0.25, -0.2) is 14.6 Å². The van der Waals surface area contributed by atoms with Crippen molar-refractivity contribution in [2.45, 2.75) is 46.1 Å². The minimum Gasteiger partial charge on any atom is -0.382 e. The highest BCUT2D eigenvalue weighted by Crippen LogP contribution is 2.22. The molecule has 0 saturated carbocycles. The van der Waals surface area contributed by atoms with Gasteiger partial charge in [0.05, 0.1) is 6.04 Å². The quantitative estimate of drug-likeness (QED) is 0.873. The molecule has 2 rings (SSSR count). The summed E-state index contributed by atoms with van der Waals surface area (Å²) in [6, 6.07) is 0.332. The number of aromatic nitrogens is 5. The van der Waals surface area contributed by atoms with Crippen molar-refractivity contribution < 1.29 is 0 Å². The molecule has 92 valence electrons. The van der Waals surface area contributed by atoms with Crippen LogP contribution >= 0.6 is 0 Å². The summed E-state index contributed by atoms with van der Waals surface area (Å²) in [5.74, 6) is 1.06. The van der Waals surface area contributed by atoms with Crippen LogP contribution in [0.2, 0.25) is 0 Å². The largest absolute Gasteiger partial charge is 0.382 e. The van der Waals surface area contributed by atoms with Crippen LogP contribution in [-0.4, -0.2) is 25.0 Å². The van der Waals surface area contributed by atoms with Crippen molar-refractivity contribution in [2.24, 2.45) is 0 Å².